The Morgan fingerprint density at radius 1 is 1.00 bits per heavy atom. The van der Waals surface area contributed by atoms with Crippen molar-refractivity contribution in [1.82, 2.24) is 20.2 Å². The fourth-order valence-electron chi connectivity index (χ4n) is 3.18. The van der Waals surface area contributed by atoms with Crippen LogP contribution in [0.2, 0.25) is 5.02 Å². The number of aromatic nitrogens is 3. The van der Waals surface area contributed by atoms with Crippen LogP contribution >= 0.6 is 23.4 Å². The van der Waals surface area contributed by atoms with Crippen LogP contribution in [0.3, 0.4) is 0 Å². The van der Waals surface area contributed by atoms with Crippen LogP contribution in [0.5, 0.6) is 0 Å². The van der Waals surface area contributed by atoms with Gasteiger partial charge in [-0.2, -0.15) is 5.10 Å². The number of amides is 1. The maximum absolute atomic E-state index is 12.4. The van der Waals surface area contributed by atoms with E-state index in [1.807, 2.05) is 102 Å². The highest BCUT2D eigenvalue weighted by Gasteiger charge is 2.17. The van der Waals surface area contributed by atoms with E-state index in [-0.39, 0.29) is 11.7 Å². The summed E-state index contributed by atoms with van der Waals surface area (Å²) >= 11 is 7.36. The molecule has 0 radical (unpaired) electrons. The second-order valence-electron chi connectivity index (χ2n) is 7.36. The normalized spacial score (nSPS) is 11.6. The molecule has 1 aromatic heterocycles. The van der Waals surface area contributed by atoms with Gasteiger partial charge in [-0.3, -0.25) is 9.36 Å². The summed E-state index contributed by atoms with van der Waals surface area (Å²) in [7, 11) is 0. The SMILES string of the molecule is CC(=C/c1ccccc1)/C=N/NC(=O)CSc1nnc(-c2ccccc2)n1-c1ccc(Cl)cc1. The van der Waals surface area contributed by atoms with Gasteiger partial charge in [0.25, 0.3) is 5.91 Å². The van der Waals surface area contributed by atoms with E-state index in [2.05, 4.69) is 20.7 Å². The molecule has 0 fully saturated rings. The molecule has 0 unspecified atom stereocenters. The highest BCUT2D eigenvalue weighted by molar-refractivity contribution is 7.99. The lowest BCUT2D eigenvalue weighted by Gasteiger charge is -2.10. The molecule has 4 rings (SSSR count). The molecule has 0 aliphatic heterocycles. The summed E-state index contributed by atoms with van der Waals surface area (Å²) in [5.74, 6) is 0.588. The van der Waals surface area contributed by atoms with Crippen LogP contribution in [0.15, 0.2) is 101 Å². The first-order valence-corrected chi connectivity index (χ1v) is 11.9. The number of carbonyl (C=O) groups is 1. The van der Waals surface area contributed by atoms with Gasteiger partial charge in [-0.05, 0) is 42.3 Å². The Labute approximate surface area is 207 Å². The third-order valence-electron chi connectivity index (χ3n) is 4.73. The quantitative estimate of drug-likeness (QED) is 0.191. The van der Waals surface area contributed by atoms with Gasteiger partial charge in [0.05, 0.1) is 12.0 Å². The van der Waals surface area contributed by atoms with Crippen molar-refractivity contribution in [3.63, 3.8) is 0 Å². The number of nitrogens with zero attached hydrogens (tertiary/aromatic N) is 4. The molecule has 0 bridgehead atoms. The number of benzene rings is 3. The van der Waals surface area contributed by atoms with Gasteiger partial charge in [0.15, 0.2) is 11.0 Å². The van der Waals surface area contributed by atoms with Crippen molar-refractivity contribution in [3.05, 3.63) is 101 Å². The van der Waals surface area contributed by atoms with Gasteiger partial charge in [-0.1, -0.05) is 90.1 Å². The molecule has 0 saturated carbocycles. The zero-order valence-corrected chi connectivity index (χ0v) is 20.0. The van der Waals surface area contributed by atoms with Crippen molar-refractivity contribution in [2.45, 2.75) is 12.1 Å². The average Bonchev–Trinajstić information content (AvgIpc) is 3.28. The summed E-state index contributed by atoms with van der Waals surface area (Å²) in [6.07, 6.45) is 3.61. The Bertz CT molecular complexity index is 1300. The molecular formula is C26H22ClN5OS. The largest absolute Gasteiger partial charge is 0.272 e. The molecule has 6 nitrogen and oxygen atoms in total. The van der Waals surface area contributed by atoms with Crippen molar-refractivity contribution < 1.29 is 4.79 Å². The number of hydrazone groups is 1. The van der Waals surface area contributed by atoms with E-state index < -0.39 is 0 Å². The van der Waals surface area contributed by atoms with Crippen molar-refractivity contribution in [2.75, 3.05) is 5.75 Å². The number of hydrogen-bond acceptors (Lipinski definition) is 5. The van der Waals surface area contributed by atoms with Crippen LogP contribution < -0.4 is 5.43 Å². The second kappa shape index (κ2) is 11.4. The Balaban J connectivity index is 1.45. The third kappa shape index (κ3) is 6.21. The van der Waals surface area contributed by atoms with Gasteiger partial charge in [-0.25, -0.2) is 5.43 Å². The molecule has 0 aliphatic rings. The lowest BCUT2D eigenvalue weighted by Crippen LogP contribution is -2.20. The maximum atomic E-state index is 12.4. The van der Waals surface area contributed by atoms with E-state index in [4.69, 9.17) is 11.6 Å². The summed E-state index contributed by atoms with van der Waals surface area (Å²) in [6.45, 7) is 1.93. The number of hydrogen-bond donors (Lipinski definition) is 1. The summed E-state index contributed by atoms with van der Waals surface area (Å²) in [5, 5.41) is 14.0. The van der Waals surface area contributed by atoms with Gasteiger partial charge in [0.1, 0.15) is 0 Å². The number of nitrogens with one attached hydrogen (secondary N) is 1. The topological polar surface area (TPSA) is 72.2 Å². The van der Waals surface area contributed by atoms with Crippen molar-refractivity contribution in [3.8, 4) is 17.1 Å². The van der Waals surface area contributed by atoms with Crippen molar-refractivity contribution >= 4 is 41.6 Å². The van der Waals surface area contributed by atoms with Gasteiger partial charge in [-0.15, -0.1) is 10.2 Å². The molecule has 170 valence electrons. The van der Waals surface area contributed by atoms with Crippen LogP contribution in [0.1, 0.15) is 12.5 Å². The number of halogens is 1. The smallest absolute Gasteiger partial charge is 0.250 e. The van der Waals surface area contributed by atoms with E-state index >= 15 is 0 Å². The Kier molecular flexibility index (Phi) is 7.91. The second-order valence-corrected chi connectivity index (χ2v) is 8.74. The van der Waals surface area contributed by atoms with Crippen LogP contribution in [0.25, 0.3) is 23.2 Å². The fourth-order valence-corrected chi connectivity index (χ4v) is 4.05. The maximum Gasteiger partial charge on any atom is 0.250 e. The van der Waals surface area contributed by atoms with E-state index in [9.17, 15) is 4.79 Å². The monoisotopic (exact) mass is 487 g/mol. The minimum Gasteiger partial charge on any atom is -0.272 e. The fraction of sp³-hybridized carbons (Fsp3) is 0.0769. The molecule has 0 spiro atoms. The average molecular weight is 488 g/mol. The van der Waals surface area contributed by atoms with Gasteiger partial charge >= 0.3 is 0 Å². The van der Waals surface area contributed by atoms with Crippen LogP contribution in [0, 0.1) is 0 Å². The van der Waals surface area contributed by atoms with Gasteiger partial charge in [0, 0.05) is 16.3 Å². The molecule has 4 aromatic rings. The molecular weight excluding hydrogens is 466 g/mol. The Morgan fingerprint density at radius 2 is 1.68 bits per heavy atom. The van der Waals surface area contributed by atoms with Gasteiger partial charge in [0.2, 0.25) is 0 Å². The zero-order chi connectivity index (χ0) is 23.8. The summed E-state index contributed by atoms with van der Waals surface area (Å²) < 4.78 is 1.92. The zero-order valence-electron chi connectivity index (χ0n) is 18.4. The predicted molar refractivity (Wildman–Crippen MR) is 139 cm³/mol. The number of rotatable bonds is 8. The molecule has 3 aromatic carbocycles. The van der Waals surface area contributed by atoms with Crippen LogP contribution in [-0.2, 0) is 4.79 Å². The summed E-state index contributed by atoms with van der Waals surface area (Å²) in [4.78, 5) is 12.4. The van der Waals surface area contributed by atoms with Crippen molar-refractivity contribution in [2.24, 2.45) is 5.10 Å². The number of allylic oxidation sites excluding steroid dienone is 1. The molecule has 1 N–H and O–H groups in total. The molecule has 1 amide bonds. The number of carbonyl (C=O) groups excluding carboxylic acids is 1. The van der Waals surface area contributed by atoms with Crippen LogP contribution in [-0.4, -0.2) is 32.6 Å². The molecule has 0 saturated heterocycles. The minimum atomic E-state index is -0.235. The van der Waals surface area contributed by atoms with E-state index in [0.717, 1.165) is 22.4 Å². The molecule has 34 heavy (non-hydrogen) atoms. The highest BCUT2D eigenvalue weighted by Crippen LogP contribution is 2.28. The first-order valence-electron chi connectivity index (χ1n) is 10.5. The molecule has 0 atom stereocenters. The minimum absolute atomic E-state index is 0.138. The first kappa shape index (κ1) is 23.5. The lowest BCUT2D eigenvalue weighted by atomic mass is 10.1. The summed E-state index contributed by atoms with van der Waals surface area (Å²) in [6, 6.07) is 27.1. The molecule has 8 heteroatoms. The Morgan fingerprint density at radius 3 is 2.38 bits per heavy atom. The van der Waals surface area contributed by atoms with E-state index in [1.54, 1.807) is 6.21 Å². The molecule has 1 heterocycles. The lowest BCUT2D eigenvalue weighted by molar-refractivity contribution is -0.118. The Hall–Kier alpha value is -3.68. The van der Waals surface area contributed by atoms with Crippen LogP contribution in [0.4, 0.5) is 0 Å². The number of thioether (sulfide) groups is 1. The molecule has 0 aliphatic carbocycles. The van der Waals surface area contributed by atoms with E-state index in [0.29, 0.717) is 16.0 Å². The third-order valence-corrected chi connectivity index (χ3v) is 5.91. The van der Waals surface area contributed by atoms with Crippen molar-refractivity contribution in [1.29, 1.82) is 0 Å². The summed E-state index contributed by atoms with van der Waals surface area (Å²) in [5.41, 5.74) is 6.35. The first-order chi connectivity index (χ1) is 16.6. The predicted octanol–water partition coefficient (Wildman–Crippen LogP) is 5.89. The van der Waals surface area contributed by atoms with Gasteiger partial charge < -0.3 is 0 Å². The van der Waals surface area contributed by atoms with E-state index in [1.165, 1.54) is 11.8 Å². The highest BCUT2D eigenvalue weighted by atomic mass is 35.5. The standard InChI is InChI=1S/C26H22ClN5OS/c1-19(16-20-8-4-2-5-9-20)17-28-29-24(33)18-34-26-31-30-25(21-10-6-3-7-11-21)32(26)23-14-12-22(27)13-15-23/h2-17H,18H2,1H3,(H,29,33)/b19-16-,28-17+.